The molecule has 1 aromatic carbocycles. The Kier molecular flexibility index (Phi) is 2.75. The van der Waals surface area contributed by atoms with Crippen molar-refractivity contribution in [2.45, 2.75) is 6.92 Å². The zero-order valence-electron chi connectivity index (χ0n) is 11.8. The van der Waals surface area contributed by atoms with E-state index in [1.807, 2.05) is 25.1 Å². The number of carbonyl (C=O) groups is 1. The number of carbonyl (C=O) groups excluding carboxylic acids is 1. The molecule has 2 aromatic rings. The van der Waals surface area contributed by atoms with E-state index in [2.05, 4.69) is 14.9 Å². The first-order chi connectivity index (χ1) is 10.2. The van der Waals surface area contributed by atoms with Gasteiger partial charge in [-0.05, 0) is 13.0 Å². The quantitative estimate of drug-likeness (QED) is 0.798. The second kappa shape index (κ2) is 4.63. The molecule has 0 amide bonds. The lowest BCUT2D eigenvalue weighted by Crippen LogP contribution is -2.36. The zero-order chi connectivity index (χ0) is 14.4. The first kappa shape index (κ1) is 12.5. The smallest absolute Gasteiger partial charge is 0.188 e. The number of morpholine rings is 1. The summed E-state index contributed by atoms with van der Waals surface area (Å²) in [5.74, 6) is 0.755. The van der Waals surface area contributed by atoms with Gasteiger partial charge in [-0.3, -0.25) is 4.79 Å². The summed E-state index contributed by atoms with van der Waals surface area (Å²) in [6.07, 6.45) is 1.70. The number of aromatic nitrogens is 2. The number of ether oxygens (including phenoxy) is 1. The Morgan fingerprint density at radius 2 is 2.00 bits per heavy atom. The highest BCUT2D eigenvalue weighted by molar-refractivity contribution is 6.20. The second-order valence-electron chi connectivity index (χ2n) is 5.31. The number of ketones is 1. The van der Waals surface area contributed by atoms with Crippen LogP contribution in [0.15, 0.2) is 24.3 Å². The Balaban J connectivity index is 1.96. The van der Waals surface area contributed by atoms with Crippen LogP contribution in [0.1, 0.15) is 21.9 Å². The van der Waals surface area contributed by atoms with Gasteiger partial charge in [0.05, 0.1) is 30.1 Å². The lowest BCUT2D eigenvalue weighted by molar-refractivity contribution is 0.0636. The first-order valence-electron chi connectivity index (χ1n) is 7.10. The maximum atomic E-state index is 12.4. The van der Waals surface area contributed by atoms with Gasteiger partial charge in [-0.15, -0.1) is 0 Å². The van der Waals surface area contributed by atoms with Gasteiger partial charge in [-0.25, -0.2) is 9.97 Å². The molecule has 106 valence electrons. The van der Waals surface area contributed by atoms with Crippen molar-refractivity contribution in [2.24, 2.45) is 0 Å². The third-order valence-corrected chi connectivity index (χ3v) is 3.96. The predicted octanol–water partition coefficient (Wildman–Crippen LogP) is 1.81. The number of hydrogen-bond donors (Lipinski definition) is 0. The number of aryl methyl sites for hydroxylation is 1. The van der Waals surface area contributed by atoms with Crippen LogP contribution in [0.25, 0.3) is 16.6 Å². The standard InChI is InChI=1S/C16H15N3O2/c1-10-17-12-4-2-3-11-14(20)9-13(16(18-10)15(11)12)19-5-7-21-8-6-19/h2-4,9H,5-8H2,1H3. The van der Waals surface area contributed by atoms with Crippen molar-refractivity contribution in [1.29, 1.82) is 0 Å². The van der Waals surface area contributed by atoms with Gasteiger partial charge in [0.15, 0.2) is 5.78 Å². The number of nitrogens with zero attached hydrogens (tertiary/aromatic N) is 3. The predicted molar refractivity (Wildman–Crippen MR) is 79.0 cm³/mol. The molecule has 0 bridgehead atoms. The van der Waals surface area contributed by atoms with Crippen molar-refractivity contribution in [1.82, 2.24) is 14.9 Å². The fourth-order valence-electron chi connectivity index (χ4n) is 3.01. The molecule has 2 aliphatic rings. The fraction of sp³-hybridized carbons (Fsp3) is 0.312. The topological polar surface area (TPSA) is 55.3 Å². The third-order valence-electron chi connectivity index (χ3n) is 3.96. The maximum Gasteiger partial charge on any atom is 0.188 e. The van der Waals surface area contributed by atoms with E-state index in [0.29, 0.717) is 18.8 Å². The van der Waals surface area contributed by atoms with Crippen LogP contribution in [0.4, 0.5) is 0 Å². The molecule has 2 heterocycles. The molecule has 0 saturated carbocycles. The highest BCUT2D eigenvalue weighted by atomic mass is 16.5. The minimum Gasteiger partial charge on any atom is -0.378 e. The first-order valence-corrected chi connectivity index (χ1v) is 7.10. The molecule has 1 fully saturated rings. The van der Waals surface area contributed by atoms with E-state index < -0.39 is 0 Å². The molecule has 5 nitrogen and oxygen atoms in total. The number of rotatable bonds is 1. The van der Waals surface area contributed by atoms with Crippen molar-refractivity contribution in [3.05, 3.63) is 41.4 Å². The molecule has 0 N–H and O–H groups in total. The molecule has 0 radical (unpaired) electrons. The van der Waals surface area contributed by atoms with Crippen molar-refractivity contribution in [2.75, 3.05) is 26.3 Å². The van der Waals surface area contributed by atoms with Gasteiger partial charge in [0, 0.05) is 30.1 Å². The molecule has 5 heteroatoms. The zero-order valence-corrected chi connectivity index (χ0v) is 11.8. The van der Waals surface area contributed by atoms with E-state index in [9.17, 15) is 4.79 Å². The Hall–Kier alpha value is -2.27. The molecule has 1 saturated heterocycles. The summed E-state index contributed by atoms with van der Waals surface area (Å²) >= 11 is 0. The fourth-order valence-corrected chi connectivity index (χ4v) is 3.01. The van der Waals surface area contributed by atoms with Crippen LogP contribution in [0.2, 0.25) is 0 Å². The number of hydrogen-bond acceptors (Lipinski definition) is 5. The molecule has 4 rings (SSSR count). The Bertz CT molecular complexity index is 776. The molecular weight excluding hydrogens is 266 g/mol. The van der Waals surface area contributed by atoms with Crippen molar-refractivity contribution >= 4 is 22.4 Å². The van der Waals surface area contributed by atoms with Crippen molar-refractivity contribution in [3.8, 4) is 0 Å². The highest BCUT2D eigenvalue weighted by Gasteiger charge is 2.26. The maximum absolute atomic E-state index is 12.4. The Morgan fingerprint density at radius 3 is 2.81 bits per heavy atom. The molecular formula is C16H15N3O2. The van der Waals surface area contributed by atoms with Gasteiger partial charge in [-0.2, -0.15) is 0 Å². The monoisotopic (exact) mass is 281 g/mol. The summed E-state index contributed by atoms with van der Waals surface area (Å²) in [6, 6.07) is 5.66. The second-order valence-corrected chi connectivity index (χ2v) is 5.31. The van der Waals surface area contributed by atoms with Gasteiger partial charge in [0.1, 0.15) is 5.82 Å². The van der Waals surface area contributed by atoms with Crippen molar-refractivity contribution < 1.29 is 9.53 Å². The molecule has 0 atom stereocenters. The SMILES string of the molecule is Cc1nc2c3c(cccc3n1)C(=O)C=C2N1CCOCC1. The van der Waals surface area contributed by atoms with E-state index in [1.54, 1.807) is 6.08 Å². The van der Waals surface area contributed by atoms with Crippen LogP contribution >= 0.6 is 0 Å². The number of allylic oxidation sites excluding steroid dienone is 1. The summed E-state index contributed by atoms with van der Waals surface area (Å²) in [5, 5.41) is 0.872. The Morgan fingerprint density at radius 1 is 1.19 bits per heavy atom. The van der Waals surface area contributed by atoms with E-state index in [-0.39, 0.29) is 5.78 Å². The number of benzene rings is 1. The third kappa shape index (κ3) is 1.93. The summed E-state index contributed by atoms with van der Waals surface area (Å²) < 4.78 is 5.40. The van der Waals surface area contributed by atoms with Gasteiger partial charge >= 0.3 is 0 Å². The lowest BCUT2D eigenvalue weighted by Gasteiger charge is -2.32. The van der Waals surface area contributed by atoms with Crippen LogP contribution in [0.3, 0.4) is 0 Å². The van der Waals surface area contributed by atoms with Crippen LogP contribution in [0, 0.1) is 6.92 Å². The van der Waals surface area contributed by atoms with E-state index >= 15 is 0 Å². The summed E-state index contributed by atoms with van der Waals surface area (Å²) in [7, 11) is 0. The van der Waals surface area contributed by atoms with Crippen molar-refractivity contribution in [3.63, 3.8) is 0 Å². The van der Waals surface area contributed by atoms with E-state index in [0.717, 1.165) is 41.2 Å². The normalized spacial score (nSPS) is 18.0. The van der Waals surface area contributed by atoms with Gasteiger partial charge in [-0.1, -0.05) is 12.1 Å². The molecule has 1 aliphatic heterocycles. The van der Waals surface area contributed by atoms with E-state index in [1.165, 1.54) is 0 Å². The minimum absolute atomic E-state index is 0.0297. The molecule has 1 aromatic heterocycles. The average molecular weight is 281 g/mol. The molecule has 0 spiro atoms. The van der Waals surface area contributed by atoms with Gasteiger partial charge in [0.2, 0.25) is 0 Å². The molecule has 1 aliphatic carbocycles. The lowest BCUT2D eigenvalue weighted by atomic mass is 9.95. The van der Waals surface area contributed by atoms with E-state index in [4.69, 9.17) is 4.74 Å². The average Bonchev–Trinajstić information content (AvgIpc) is 2.51. The summed E-state index contributed by atoms with van der Waals surface area (Å²) in [6.45, 7) is 4.81. The van der Waals surface area contributed by atoms with Crippen LogP contribution in [0.5, 0.6) is 0 Å². The largest absolute Gasteiger partial charge is 0.378 e. The van der Waals surface area contributed by atoms with Crippen LogP contribution in [-0.2, 0) is 4.74 Å². The van der Waals surface area contributed by atoms with Gasteiger partial charge < -0.3 is 9.64 Å². The van der Waals surface area contributed by atoms with Crippen LogP contribution in [-0.4, -0.2) is 47.0 Å². The molecule has 21 heavy (non-hydrogen) atoms. The molecule has 0 unspecified atom stereocenters. The Labute approximate surface area is 122 Å². The summed E-state index contributed by atoms with van der Waals surface area (Å²) in [4.78, 5) is 23.7. The van der Waals surface area contributed by atoms with Crippen LogP contribution < -0.4 is 0 Å². The summed E-state index contributed by atoms with van der Waals surface area (Å²) in [5.41, 5.74) is 3.30. The van der Waals surface area contributed by atoms with Gasteiger partial charge in [0.25, 0.3) is 0 Å². The highest BCUT2D eigenvalue weighted by Crippen LogP contribution is 2.33. The minimum atomic E-state index is 0.0297.